The van der Waals surface area contributed by atoms with Gasteiger partial charge in [-0.2, -0.15) is 0 Å². The Kier molecular flexibility index (Phi) is 7.84. The van der Waals surface area contributed by atoms with Gasteiger partial charge in [0, 0.05) is 64.5 Å². The Bertz CT molecular complexity index is 901. The number of piperidine rings is 1. The summed E-state index contributed by atoms with van der Waals surface area (Å²) in [6, 6.07) is 2.03. The lowest BCUT2D eigenvalue weighted by molar-refractivity contribution is -0.133. The molecule has 4 aliphatic rings. The second-order valence-electron chi connectivity index (χ2n) is 8.79. The maximum atomic E-state index is 12.6. The predicted molar refractivity (Wildman–Crippen MR) is 120 cm³/mol. The minimum absolute atomic E-state index is 0.271. The Labute approximate surface area is 198 Å². The lowest BCUT2D eigenvalue weighted by Crippen LogP contribution is -2.50. The van der Waals surface area contributed by atoms with Crippen LogP contribution in [0, 0.1) is 0 Å². The topological polar surface area (TPSA) is 120 Å². The van der Waals surface area contributed by atoms with Gasteiger partial charge in [-0.3, -0.25) is 10.1 Å². The molecule has 11 nitrogen and oxygen atoms in total. The van der Waals surface area contributed by atoms with E-state index < -0.39 is 17.8 Å². The largest absolute Gasteiger partial charge is 0.439 e. The third kappa shape index (κ3) is 5.76. The number of aryl methyl sites for hydroxylation is 1. The van der Waals surface area contributed by atoms with Crippen LogP contribution in [0.5, 0.6) is 0 Å². The van der Waals surface area contributed by atoms with Crippen LogP contribution in [-0.4, -0.2) is 92.6 Å². The molecule has 4 aliphatic heterocycles. The molecule has 1 spiro atoms. The number of carbonyl (C=O) groups is 3. The zero-order valence-corrected chi connectivity index (χ0v) is 19.5. The summed E-state index contributed by atoms with van der Waals surface area (Å²) >= 11 is 0. The minimum Gasteiger partial charge on any atom is -0.439 e. The van der Waals surface area contributed by atoms with Crippen LogP contribution in [0.25, 0.3) is 0 Å². The Morgan fingerprint density at radius 1 is 1.00 bits per heavy atom. The molecule has 1 fully saturated rings. The Hall–Kier alpha value is -2.92. The number of fused-ring (bicyclic) bond motifs is 16. The monoisotopic (exact) mass is 476 g/mol. The average Bonchev–Trinajstić information content (AvgIpc) is 2.83. The number of pyridine rings is 1. The number of anilines is 1. The first kappa shape index (κ1) is 24.2. The summed E-state index contributed by atoms with van der Waals surface area (Å²) in [6.45, 7) is 2.99. The van der Waals surface area contributed by atoms with Crippen molar-refractivity contribution in [3.8, 4) is 0 Å². The maximum Gasteiger partial charge on any atom is 0.413 e. The number of hydrogen-bond acceptors (Lipinski definition) is 8. The van der Waals surface area contributed by atoms with E-state index in [9.17, 15) is 14.4 Å². The van der Waals surface area contributed by atoms with E-state index in [1.165, 1.54) is 4.90 Å². The van der Waals surface area contributed by atoms with E-state index in [0.29, 0.717) is 71.1 Å². The fourth-order valence-electron chi connectivity index (χ4n) is 4.42. The molecule has 0 saturated carbocycles. The van der Waals surface area contributed by atoms with Gasteiger partial charge in [0.1, 0.15) is 11.4 Å². The van der Waals surface area contributed by atoms with Gasteiger partial charge >= 0.3 is 12.2 Å². The van der Waals surface area contributed by atoms with E-state index in [4.69, 9.17) is 18.9 Å². The van der Waals surface area contributed by atoms with E-state index in [0.717, 1.165) is 24.0 Å². The second kappa shape index (κ2) is 11.0. The highest BCUT2D eigenvalue weighted by Gasteiger charge is 2.46. The van der Waals surface area contributed by atoms with Crippen LogP contribution in [0.3, 0.4) is 0 Å². The highest BCUT2D eigenvalue weighted by Crippen LogP contribution is 2.43. The predicted octanol–water partition coefficient (Wildman–Crippen LogP) is 1.90. The van der Waals surface area contributed by atoms with E-state index >= 15 is 0 Å². The second-order valence-corrected chi connectivity index (χ2v) is 8.79. The van der Waals surface area contributed by atoms with Crippen molar-refractivity contribution >= 4 is 23.9 Å². The Morgan fingerprint density at radius 2 is 1.74 bits per heavy atom. The van der Waals surface area contributed by atoms with Crippen molar-refractivity contribution < 1.29 is 33.3 Å². The number of rotatable bonds is 0. The van der Waals surface area contributed by atoms with E-state index in [-0.39, 0.29) is 12.5 Å². The Balaban J connectivity index is 1.48. The standard InChI is InChI=1S/C23H32N4O7/c1-26-7-3-11-32-13-12-31-10-2-4-17-14-18-20(24-15-17)25-21(29)34-23(18)5-8-27(9-6-23)22(30)33-16-19(26)28/h14-15H,2-13,16H2,1H3,(H,24,25,29). The molecule has 3 amide bonds. The first-order valence-electron chi connectivity index (χ1n) is 11.8. The molecule has 186 valence electrons. The van der Waals surface area contributed by atoms with Crippen molar-refractivity contribution in [3.05, 3.63) is 23.4 Å². The highest BCUT2D eigenvalue weighted by molar-refractivity contribution is 5.87. The molecule has 1 N–H and O–H groups in total. The van der Waals surface area contributed by atoms with Gasteiger partial charge in [-0.05, 0) is 30.9 Å². The van der Waals surface area contributed by atoms with Crippen LogP contribution in [0.15, 0.2) is 12.3 Å². The molecule has 4 bridgehead atoms. The lowest BCUT2D eigenvalue weighted by Gasteiger charge is -2.43. The molecule has 0 atom stereocenters. The van der Waals surface area contributed by atoms with Gasteiger partial charge in [-0.25, -0.2) is 14.6 Å². The van der Waals surface area contributed by atoms with E-state index in [1.807, 2.05) is 6.07 Å². The fourth-order valence-corrected chi connectivity index (χ4v) is 4.42. The van der Waals surface area contributed by atoms with Gasteiger partial charge in [-0.1, -0.05) is 0 Å². The quantitative estimate of drug-likeness (QED) is 0.603. The number of amides is 3. The maximum absolute atomic E-state index is 12.6. The van der Waals surface area contributed by atoms with Gasteiger partial charge in [-0.15, -0.1) is 0 Å². The number of likely N-dealkylation sites (N-methyl/N-ethyl adjacent to an activating group) is 1. The van der Waals surface area contributed by atoms with Gasteiger partial charge in [0.15, 0.2) is 6.61 Å². The fraction of sp³-hybridized carbons (Fsp3) is 0.652. The lowest BCUT2D eigenvalue weighted by atomic mass is 9.83. The summed E-state index contributed by atoms with van der Waals surface area (Å²) in [5, 5.41) is 2.68. The number of nitrogens with zero attached hydrogens (tertiary/aromatic N) is 3. The number of hydrogen-bond donors (Lipinski definition) is 1. The SMILES string of the molecule is CN1CCCOCCOCCCc2cnc3c(c2)C2(CCN(CC2)C(=O)OCC1=O)OC(=O)N3. The van der Waals surface area contributed by atoms with Gasteiger partial charge in [0.25, 0.3) is 5.91 Å². The molecule has 11 heteroatoms. The van der Waals surface area contributed by atoms with Crippen LogP contribution in [0.2, 0.25) is 0 Å². The van der Waals surface area contributed by atoms with Crippen LogP contribution < -0.4 is 5.32 Å². The molecule has 5 heterocycles. The first-order chi connectivity index (χ1) is 16.5. The summed E-state index contributed by atoms with van der Waals surface area (Å²) in [4.78, 5) is 44.6. The molecule has 1 saturated heterocycles. The summed E-state index contributed by atoms with van der Waals surface area (Å²) in [6.07, 6.45) is 3.81. The summed E-state index contributed by atoms with van der Waals surface area (Å²) in [7, 11) is 1.67. The molecule has 0 aromatic carbocycles. The number of ether oxygens (including phenoxy) is 4. The van der Waals surface area contributed by atoms with Gasteiger partial charge in [0.2, 0.25) is 0 Å². The molecular formula is C23H32N4O7. The first-order valence-corrected chi connectivity index (χ1v) is 11.8. The van der Waals surface area contributed by atoms with Crippen molar-refractivity contribution in [2.45, 2.75) is 37.7 Å². The van der Waals surface area contributed by atoms with Crippen LogP contribution in [0.4, 0.5) is 15.4 Å². The molecule has 1 aromatic rings. The number of nitrogens with one attached hydrogen (secondary N) is 1. The number of carbonyl (C=O) groups excluding carboxylic acids is 3. The molecule has 1 aromatic heterocycles. The van der Waals surface area contributed by atoms with E-state index in [1.54, 1.807) is 18.1 Å². The molecular weight excluding hydrogens is 444 g/mol. The smallest absolute Gasteiger partial charge is 0.413 e. The third-order valence-corrected chi connectivity index (χ3v) is 6.43. The molecule has 5 rings (SSSR count). The zero-order chi connectivity index (χ0) is 24.0. The average molecular weight is 477 g/mol. The van der Waals surface area contributed by atoms with Crippen molar-refractivity contribution in [3.63, 3.8) is 0 Å². The molecule has 0 unspecified atom stereocenters. The minimum atomic E-state index is -0.849. The summed E-state index contributed by atoms with van der Waals surface area (Å²) < 4.78 is 22.2. The van der Waals surface area contributed by atoms with Crippen molar-refractivity contribution in [1.82, 2.24) is 14.8 Å². The Morgan fingerprint density at radius 3 is 2.50 bits per heavy atom. The van der Waals surface area contributed by atoms with Crippen molar-refractivity contribution in [2.75, 3.05) is 65.0 Å². The third-order valence-electron chi connectivity index (χ3n) is 6.43. The molecule has 0 radical (unpaired) electrons. The molecule has 0 aliphatic carbocycles. The van der Waals surface area contributed by atoms with Gasteiger partial charge < -0.3 is 28.7 Å². The van der Waals surface area contributed by atoms with Crippen LogP contribution in [0.1, 0.15) is 36.8 Å². The van der Waals surface area contributed by atoms with Crippen molar-refractivity contribution in [1.29, 1.82) is 0 Å². The zero-order valence-electron chi connectivity index (χ0n) is 19.5. The summed E-state index contributed by atoms with van der Waals surface area (Å²) in [5.74, 6) is 0.222. The highest BCUT2D eigenvalue weighted by atomic mass is 16.6. The van der Waals surface area contributed by atoms with Crippen LogP contribution in [-0.2, 0) is 35.8 Å². The van der Waals surface area contributed by atoms with Gasteiger partial charge in [0.05, 0.1) is 13.2 Å². The normalized spacial score (nSPS) is 22.7. The van der Waals surface area contributed by atoms with Crippen molar-refractivity contribution in [2.24, 2.45) is 0 Å². The summed E-state index contributed by atoms with van der Waals surface area (Å²) in [5.41, 5.74) is 1.01. The van der Waals surface area contributed by atoms with E-state index in [2.05, 4.69) is 10.3 Å². The molecule has 34 heavy (non-hydrogen) atoms. The number of aromatic nitrogens is 1. The van der Waals surface area contributed by atoms with Crippen LogP contribution >= 0.6 is 0 Å².